The summed E-state index contributed by atoms with van der Waals surface area (Å²) in [4.78, 5) is 25.8. The summed E-state index contributed by atoms with van der Waals surface area (Å²) in [5.74, 6) is 1.13. The van der Waals surface area contributed by atoms with Crippen molar-refractivity contribution in [3.63, 3.8) is 0 Å². The summed E-state index contributed by atoms with van der Waals surface area (Å²) in [6.07, 6.45) is 2.90. The lowest BCUT2D eigenvalue weighted by Crippen LogP contribution is -2.32. The number of aryl methyl sites for hydroxylation is 1. The normalized spacial score (nSPS) is 12.5. The largest absolute Gasteiger partial charge is 0.455 e. The van der Waals surface area contributed by atoms with Crippen molar-refractivity contribution in [3.05, 3.63) is 112 Å². The van der Waals surface area contributed by atoms with E-state index in [0.29, 0.717) is 39.2 Å². The van der Waals surface area contributed by atoms with Gasteiger partial charge in [0, 0.05) is 16.1 Å². The van der Waals surface area contributed by atoms with Gasteiger partial charge < -0.3 is 19.2 Å². The lowest BCUT2D eigenvalue weighted by molar-refractivity contribution is -0.117. The minimum absolute atomic E-state index is 0.00991. The van der Waals surface area contributed by atoms with Crippen molar-refractivity contribution in [1.29, 1.82) is 0 Å². The van der Waals surface area contributed by atoms with Gasteiger partial charge in [-0.1, -0.05) is 48.0 Å². The number of hydrazone groups is 1. The van der Waals surface area contributed by atoms with Crippen LogP contribution in [0.1, 0.15) is 27.2 Å². The smallest absolute Gasteiger partial charge is 0.287 e. The van der Waals surface area contributed by atoms with Crippen LogP contribution in [0.4, 0.5) is 0 Å². The van der Waals surface area contributed by atoms with Crippen LogP contribution >= 0.6 is 11.6 Å². The number of fused-ring (bicyclic) bond motifs is 1. The fourth-order valence-electron chi connectivity index (χ4n) is 3.65. The molecule has 1 aliphatic heterocycles. The minimum atomic E-state index is -0.625. The highest BCUT2D eigenvalue weighted by Gasteiger charge is 2.17. The molecule has 0 bridgehead atoms. The van der Waals surface area contributed by atoms with Crippen LogP contribution in [0.5, 0.6) is 11.5 Å². The zero-order valence-corrected chi connectivity index (χ0v) is 21.0. The molecule has 1 aromatic heterocycles. The number of rotatable bonds is 7. The molecule has 190 valence electrons. The molecule has 9 heteroatoms. The summed E-state index contributed by atoms with van der Waals surface area (Å²) in [7, 11) is 0. The average Bonchev–Trinajstić information content (AvgIpc) is 3.60. The van der Waals surface area contributed by atoms with E-state index < -0.39 is 11.8 Å². The predicted octanol–water partition coefficient (Wildman–Crippen LogP) is 5.56. The first-order valence-corrected chi connectivity index (χ1v) is 12.0. The van der Waals surface area contributed by atoms with Gasteiger partial charge in [-0.05, 0) is 66.6 Å². The molecule has 0 aliphatic carbocycles. The van der Waals surface area contributed by atoms with Gasteiger partial charge in [-0.3, -0.25) is 9.59 Å². The molecule has 2 N–H and O–H groups in total. The van der Waals surface area contributed by atoms with Crippen molar-refractivity contribution >= 4 is 35.7 Å². The van der Waals surface area contributed by atoms with Crippen molar-refractivity contribution in [2.75, 3.05) is 6.79 Å². The maximum atomic E-state index is 13.0. The number of benzene rings is 3. The van der Waals surface area contributed by atoms with Crippen molar-refractivity contribution in [1.82, 2.24) is 10.7 Å². The lowest BCUT2D eigenvalue weighted by Gasteiger charge is -2.09. The summed E-state index contributed by atoms with van der Waals surface area (Å²) in [5, 5.41) is 7.30. The predicted molar refractivity (Wildman–Crippen MR) is 144 cm³/mol. The van der Waals surface area contributed by atoms with Crippen molar-refractivity contribution in [3.8, 4) is 22.8 Å². The van der Waals surface area contributed by atoms with E-state index in [4.69, 9.17) is 25.5 Å². The third-order valence-corrected chi connectivity index (χ3v) is 6.08. The van der Waals surface area contributed by atoms with Crippen LogP contribution in [0, 0.1) is 6.92 Å². The molecular formula is C29H22ClN3O5. The van der Waals surface area contributed by atoms with E-state index in [0.717, 1.165) is 11.1 Å². The Hall–Kier alpha value is -4.82. The molecule has 2 amide bonds. The Labute approximate surface area is 223 Å². The fourth-order valence-corrected chi connectivity index (χ4v) is 3.83. The van der Waals surface area contributed by atoms with Gasteiger partial charge in [0.2, 0.25) is 6.79 Å². The molecule has 0 fully saturated rings. The van der Waals surface area contributed by atoms with Gasteiger partial charge in [-0.2, -0.15) is 5.10 Å². The Kier molecular flexibility index (Phi) is 7.24. The van der Waals surface area contributed by atoms with Crippen LogP contribution in [0.15, 0.2) is 94.1 Å². The monoisotopic (exact) mass is 527 g/mol. The maximum absolute atomic E-state index is 13.0. The molecule has 0 unspecified atom stereocenters. The van der Waals surface area contributed by atoms with Gasteiger partial charge in [0.25, 0.3) is 11.8 Å². The van der Waals surface area contributed by atoms with Crippen molar-refractivity contribution < 1.29 is 23.5 Å². The standard InChI is InChI=1S/C29H22ClN3O5/c1-18-7-9-21(15-23(18)30)25-12-10-22(38-25)16-31-33-29(35)24(32-28(34)20-5-3-2-4-6-20)13-19-8-11-26-27(14-19)37-17-36-26/h2-16H,17H2,1H3,(H,32,34)(H,33,35). The summed E-state index contributed by atoms with van der Waals surface area (Å²) >= 11 is 6.22. The van der Waals surface area contributed by atoms with Gasteiger partial charge in [-0.15, -0.1) is 0 Å². The fraction of sp³-hybridized carbons (Fsp3) is 0.0690. The number of nitrogens with zero attached hydrogens (tertiary/aromatic N) is 1. The first-order chi connectivity index (χ1) is 18.5. The van der Waals surface area contributed by atoms with Crippen LogP contribution in [-0.2, 0) is 4.79 Å². The zero-order valence-electron chi connectivity index (χ0n) is 20.2. The molecule has 5 rings (SSSR count). The number of amides is 2. The molecule has 0 spiro atoms. The Morgan fingerprint density at radius 1 is 0.947 bits per heavy atom. The van der Waals surface area contributed by atoms with E-state index in [1.165, 1.54) is 12.3 Å². The SMILES string of the molecule is Cc1ccc(-c2ccc(C=NNC(=O)C(=Cc3ccc4c(c3)OCO4)NC(=O)c3ccccc3)o2)cc1Cl. The summed E-state index contributed by atoms with van der Waals surface area (Å²) < 4.78 is 16.5. The van der Waals surface area contributed by atoms with E-state index in [9.17, 15) is 9.59 Å². The van der Waals surface area contributed by atoms with Crippen molar-refractivity contribution in [2.24, 2.45) is 5.10 Å². The highest BCUT2D eigenvalue weighted by molar-refractivity contribution is 6.31. The number of hydrogen-bond acceptors (Lipinski definition) is 6. The van der Waals surface area contributed by atoms with Crippen LogP contribution in [0.3, 0.4) is 0 Å². The number of ether oxygens (including phenoxy) is 2. The first kappa shape index (κ1) is 24.9. The summed E-state index contributed by atoms with van der Waals surface area (Å²) in [6, 6.07) is 22.9. The van der Waals surface area contributed by atoms with E-state index in [1.54, 1.807) is 60.7 Å². The lowest BCUT2D eigenvalue weighted by atomic mass is 10.1. The third kappa shape index (κ3) is 5.77. The molecule has 8 nitrogen and oxygen atoms in total. The number of hydrogen-bond donors (Lipinski definition) is 2. The Balaban J connectivity index is 1.33. The number of furan rings is 1. The second kappa shape index (κ2) is 11.1. The average molecular weight is 528 g/mol. The highest BCUT2D eigenvalue weighted by atomic mass is 35.5. The van der Waals surface area contributed by atoms with E-state index >= 15 is 0 Å². The van der Waals surface area contributed by atoms with Gasteiger partial charge >= 0.3 is 0 Å². The molecule has 2 heterocycles. The molecule has 0 atom stereocenters. The number of carbonyl (C=O) groups excluding carboxylic acids is 2. The molecule has 4 aromatic rings. The second-order valence-electron chi connectivity index (χ2n) is 8.36. The van der Waals surface area contributed by atoms with E-state index in [-0.39, 0.29) is 12.5 Å². The molecule has 0 saturated carbocycles. The first-order valence-electron chi connectivity index (χ1n) is 11.6. The minimum Gasteiger partial charge on any atom is -0.455 e. The molecule has 38 heavy (non-hydrogen) atoms. The number of halogens is 1. The van der Waals surface area contributed by atoms with Crippen LogP contribution in [0.2, 0.25) is 5.02 Å². The number of carbonyl (C=O) groups is 2. The molecular weight excluding hydrogens is 506 g/mol. The van der Waals surface area contributed by atoms with E-state index in [1.807, 2.05) is 25.1 Å². The summed E-state index contributed by atoms with van der Waals surface area (Å²) in [6.45, 7) is 2.05. The molecule has 1 aliphatic rings. The quantitative estimate of drug-likeness (QED) is 0.186. The Morgan fingerprint density at radius 3 is 2.58 bits per heavy atom. The highest BCUT2D eigenvalue weighted by Crippen LogP contribution is 2.33. The summed E-state index contributed by atoms with van der Waals surface area (Å²) in [5.41, 5.74) is 5.25. The molecule has 0 radical (unpaired) electrons. The van der Waals surface area contributed by atoms with Crippen LogP contribution in [-0.4, -0.2) is 24.8 Å². The van der Waals surface area contributed by atoms with E-state index in [2.05, 4.69) is 15.8 Å². The van der Waals surface area contributed by atoms with Gasteiger partial charge in [0.1, 0.15) is 17.2 Å². The number of nitrogens with one attached hydrogen (secondary N) is 2. The van der Waals surface area contributed by atoms with Crippen molar-refractivity contribution in [2.45, 2.75) is 6.92 Å². The Morgan fingerprint density at radius 2 is 1.76 bits per heavy atom. The van der Waals surface area contributed by atoms with Crippen LogP contribution in [0.25, 0.3) is 17.4 Å². The topological polar surface area (TPSA) is 102 Å². The van der Waals surface area contributed by atoms with Gasteiger partial charge in [0.05, 0.1) is 6.21 Å². The molecule has 3 aromatic carbocycles. The zero-order chi connectivity index (χ0) is 26.5. The van der Waals surface area contributed by atoms with Gasteiger partial charge in [-0.25, -0.2) is 5.43 Å². The maximum Gasteiger partial charge on any atom is 0.287 e. The van der Waals surface area contributed by atoms with Gasteiger partial charge in [0.15, 0.2) is 11.5 Å². The second-order valence-corrected chi connectivity index (χ2v) is 8.76. The Bertz CT molecular complexity index is 1560. The third-order valence-electron chi connectivity index (χ3n) is 5.68. The molecule has 0 saturated heterocycles. The van der Waals surface area contributed by atoms with Crippen LogP contribution < -0.4 is 20.2 Å².